The molecule has 2 aromatic rings. The maximum Gasteiger partial charge on any atom is 0.244 e. The molecule has 0 radical (unpaired) electrons. The van der Waals surface area contributed by atoms with Crippen LogP contribution >= 0.6 is 0 Å². The van der Waals surface area contributed by atoms with Gasteiger partial charge in [-0.15, -0.1) is 0 Å². The molecule has 1 N–H and O–H groups in total. The maximum atomic E-state index is 13.6. The topological polar surface area (TPSA) is 86.8 Å². The van der Waals surface area contributed by atoms with Gasteiger partial charge in [-0.2, -0.15) is 0 Å². The summed E-state index contributed by atoms with van der Waals surface area (Å²) in [6.07, 6.45) is 1.38. The Labute approximate surface area is 214 Å². The van der Waals surface area contributed by atoms with Gasteiger partial charge in [0, 0.05) is 13.1 Å². The van der Waals surface area contributed by atoms with Crippen molar-refractivity contribution in [3.05, 3.63) is 65.5 Å². The number of nitrogens with zero attached hydrogens (tertiary/aromatic N) is 2. The van der Waals surface area contributed by atoms with Gasteiger partial charge in [-0.1, -0.05) is 58.9 Å². The number of nitrogens with one attached hydrogen (secondary N) is 1. The predicted molar refractivity (Wildman–Crippen MR) is 142 cm³/mol. The van der Waals surface area contributed by atoms with Gasteiger partial charge in [0.2, 0.25) is 21.8 Å². The largest absolute Gasteiger partial charge is 0.354 e. The van der Waals surface area contributed by atoms with Crippen LogP contribution in [0.1, 0.15) is 58.1 Å². The van der Waals surface area contributed by atoms with Crippen molar-refractivity contribution in [3.8, 4) is 0 Å². The van der Waals surface area contributed by atoms with Crippen LogP contribution in [0.2, 0.25) is 0 Å². The molecular weight excluding hydrogens is 481 g/mol. The molecule has 0 aliphatic carbocycles. The number of sulfonamides is 1. The lowest BCUT2D eigenvalue weighted by Crippen LogP contribution is -2.52. The van der Waals surface area contributed by atoms with Crippen molar-refractivity contribution in [2.45, 2.75) is 59.5 Å². The predicted octanol–water partition coefficient (Wildman–Crippen LogP) is 4.29. The summed E-state index contributed by atoms with van der Waals surface area (Å²) in [6.45, 7) is 9.83. The number of rotatable bonds is 12. The van der Waals surface area contributed by atoms with Crippen LogP contribution in [0.4, 0.5) is 10.1 Å². The second-order valence-electron chi connectivity index (χ2n) is 9.73. The SMILES string of the molecule is CCC(C(=O)NCC(C)C)N(Cc1ccc(F)cc1)C(=O)CN(c1ccc(C(C)C)cc1)S(C)(=O)=O. The third-order valence-electron chi connectivity index (χ3n) is 5.86. The van der Waals surface area contributed by atoms with E-state index in [1.807, 2.05) is 39.8 Å². The molecule has 7 nitrogen and oxygen atoms in total. The van der Waals surface area contributed by atoms with Crippen LogP contribution in [0.15, 0.2) is 48.5 Å². The summed E-state index contributed by atoms with van der Waals surface area (Å²) in [4.78, 5) is 28.0. The second-order valence-corrected chi connectivity index (χ2v) is 11.6. The molecule has 1 unspecified atom stereocenters. The second kappa shape index (κ2) is 12.9. The monoisotopic (exact) mass is 519 g/mol. The summed E-state index contributed by atoms with van der Waals surface area (Å²) < 4.78 is 39.9. The Balaban J connectivity index is 2.41. The van der Waals surface area contributed by atoms with E-state index in [2.05, 4.69) is 5.32 Å². The Morgan fingerprint density at radius 1 is 0.972 bits per heavy atom. The van der Waals surface area contributed by atoms with E-state index in [1.54, 1.807) is 31.2 Å². The van der Waals surface area contributed by atoms with E-state index in [-0.39, 0.29) is 24.3 Å². The molecule has 2 rings (SSSR count). The fourth-order valence-electron chi connectivity index (χ4n) is 3.77. The Bertz CT molecular complexity index is 1120. The van der Waals surface area contributed by atoms with Crippen molar-refractivity contribution in [1.29, 1.82) is 0 Å². The Morgan fingerprint density at radius 2 is 1.56 bits per heavy atom. The molecule has 0 spiro atoms. The molecule has 9 heteroatoms. The highest BCUT2D eigenvalue weighted by Crippen LogP contribution is 2.23. The average Bonchev–Trinajstić information content (AvgIpc) is 2.81. The minimum atomic E-state index is -3.80. The summed E-state index contributed by atoms with van der Waals surface area (Å²) in [5, 5.41) is 2.87. The van der Waals surface area contributed by atoms with E-state index in [9.17, 15) is 22.4 Å². The van der Waals surface area contributed by atoms with E-state index >= 15 is 0 Å². The molecule has 0 saturated carbocycles. The van der Waals surface area contributed by atoms with Gasteiger partial charge in [0.1, 0.15) is 18.4 Å². The zero-order valence-electron chi connectivity index (χ0n) is 22.0. The van der Waals surface area contributed by atoms with Gasteiger partial charge >= 0.3 is 0 Å². The highest BCUT2D eigenvalue weighted by Gasteiger charge is 2.31. The molecule has 0 fully saturated rings. The molecular formula is C27H38FN3O4S. The van der Waals surface area contributed by atoms with E-state index in [1.165, 1.54) is 17.0 Å². The van der Waals surface area contributed by atoms with Crippen molar-refractivity contribution < 1.29 is 22.4 Å². The molecule has 0 heterocycles. The van der Waals surface area contributed by atoms with Crippen molar-refractivity contribution in [2.24, 2.45) is 5.92 Å². The average molecular weight is 520 g/mol. The highest BCUT2D eigenvalue weighted by molar-refractivity contribution is 7.92. The number of halogens is 1. The quantitative estimate of drug-likeness (QED) is 0.453. The van der Waals surface area contributed by atoms with Gasteiger partial charge in [0.25, 0.3) is 0 Å². The first-order chi connectivity index (χ1) is 16.8. The molecule has 2 aromatic carbocycles. The molecule has 0 aromatic heterocycles. The Hall–Kier alpha value is -2.94. The highest BCUT2D eigenvalue weighted by atomic mass is 32.2. The number of amides is 2. The standard InChI is InChI=1S/C27H38FN3O4S/c1-7-25(27(33)29-16-19(2)3)30(17-21-8-12-23(28)13-9-21)26(32)18-31(36(6,34)35)24-14-10-22(11-15-24)20(4)5/h8-15,19-20,25H,7,16-18H2,1-6H3,(H,29,33). The van der Waals surface area contributed by atoms with Crippen LogP contribution in [0.5, 0.6) is 0 Å². The zero-order valence-corrected chi connectivity index (χ0v) is 22.8. The van der Waals surface area contributed by atoms with Crippen LogP contribution in [-0.2, 0) is 26.2 Å². The zero-order chi connectivity index (χ0) is 27.0. The molecule has 2 amide bonds. The fraction of sp³-hybridized carbons (Fsp3) is 0.481. The first kappa shape index (κ1) is 29.3. The summed E-state index contributed by atoms with van der Waals surface area (Å²) in [5.74, 6) is -0.750. The van der Waals surface area contributed by atoms with Gasteiger partial charge in [-0.25, -0.2) is 12.8 Å². The van der Waals surface area contributed by atoms with Crippen LogP contribution in [0.3, 0.4) is 0 Å². The smallest absolute Gasteiger partial charge is 0.244 e. The maximum absolute atomic E-state index is 13.6. The number of anilines is 1. The molecule has 36 heavy (non-hydrogen) atoms. The minimum absolute atomic E-state index is 0.0383. The van der Waals surface area contributed by atoms with E-state index in [0.29, 0.717) is 24.2 Å². The molecule has 198 valence electrons. The first-order valence-corrected chi connectivity index (χ1v) is 14.1. The number of carbonyl (C=O) groups excluding carboxylic acids is 2. The molecule has 0 bridgehead atoms. The van der Waals surface area contributed by atoms with Crippen molar-refractivity contribution >= 4 is 27.5 Å². The van der Waals surface area contributed by atoms with Crippen LogP contribution in [0, 0.1) is 11.7 Å². The number of benzene rings is 2. The van der Waals surface area contributed by atoms with Crippen LogP contribution in [-0.4, -0.2) is 50.5 Å². The van der Waals surface area contributed by atoms with Gasteiger partial charge in [-0.3, -0.25) is 13.9 Å². The first-order valence-electron chi connectivity index (χ1n) is 12.2. The third-order valence-corrected chi connectivity index (χ3v) is 7.00. The summed E-state index contributed by atoms with van der Waals surface area (Å²) in [6, 6.07) is 11.9. The Morgan fingerprint density at radius 3 is 2.03 bits per heavy atom. The third kappa shape index (κ3) is 8.33. The fourth-order valence-corrected chi connectivity index (χ4v) is 4.62. The molecule has 1 atom stereocenters. The van der Waals surface area contributed by atoms with Crippen LogP contribution < -0.4 is 9.62 Å². The van der Waals surface area contributed by atoms with Crippen molar-refractivity contribution in [1.82, 2.24) is 10.2 Å². The lowest BCUT2D eigenvalue weighted by atomic mass is 10.0. The minimum Gasteiger partial charge on any atom is -0.354 e. The number of hydrogen-bond acceptors (Lipinski definition) is 4. The number of carbonyl (C=O) groups is 2. The van der Waals surface area contributed by atoms with Crippen LogP contribution in [0.25, 0.3) is 0 Å². The van der Waals surface area contributed by atoms with Gasteiger partial charge < -0.3 is 10.2 Å². The lowest BCUT2D eigenvalue weighted by Gasteiger charge is -2.33. The van der Waals surface area contributed by atoms with Crippen molar-refractivity contribution in [3.63, 3.8) is 0 Å². The molecule has 0 aliphatic heterocycles. The summed E-state index contributed by atoms with van der Waals surface area (Å²) in [5.41, 5.74) is 2.05. The lowest BCUT2D eigenvalue weighted by molar-refractivity contribution is -0.140. The van der Waals surface area contributed by atoms with Crippen molar-refractivity contribution in [2.75, 3.05) is 23.7 Å². The van der Waals surface area contributed by atoms with E-state index in [4.69, 9.17) is 0 Å². The normalized spacial score (nSPS) is 12.5. The number of hydrogen-bond donors (Lipinski definition) is 1. The summed E-state index contributed by atoms with van der Waals surface area (Å²) >= 11 is 0. The molecule has 0 aliphatic rings. The van der Waals surface area contributed by atoms with Gasteiger partial charge in [0.05, 0.1) is 11.9 Å². The van der Waals surface area contributed by atoms with Gasteiger partial charge in [0.15, 0.2) is 0 Å². The van der Waals surface area contributed by atoms with Gasteiger partial charge in [-0.05, 0) is 53.6 Å². The Kier molecular flexibility index (Phi) is 10.5. The summed E-state index contributed by atoms with van der Waals surface area (Å²) in [7, 11) is -3.80. The van der Waals surface area contributed by atoms with E-state index in [0.717, 1.165) is 16.1 Å². The van der Waals surface area contributed by atoms with E-state index < -0.39 is 34.3 Å². The molecule has 0 saturated heterocycles.